The smallest absolute Gasteiger partial charge is 0.256 e. The van der Waals surface area contributed by atoms with Gasteiger partial charge in [0.25, 0.3) is 5.91 Å². The Bertz CT molecular complexity index is 2280. The van der Waals surface area contributed by atoms with Crippen LogP contribution in [-0.2, 0) is 16.3 Å². The van der Waals surface area contributed by atoms with Gasteiger partial charge in [-0.05, 0) is 49.1 Å². The van der Waals surface area contributed by atoms with E-state index in [1.54, 1.807) is 30.5 Å². The minimum atomic E-state index is -3.03. The number of nitrogen functional groups attached to an aromatic ring is 2. The molecule has 0 amide bonds. The molecule has 4 N–H and O–H groups in total. The van der Waals surface area contributed by atoms with Gasteiger partial charge in [0.05, 0.1) is 29.3 Å². The van der Waals surface area contributed by atoms with Crippen molar-refractivity contribution in [2.75, 3.05) is 23.0 Å². The number of rotatable bonds is 8. The molecule has 0 bridgehead atoms. The predicted molar refractivity (Wildman–Crippen MR) is 183 cm³/mol. The lowest BCUT2D eigenvalue weighted by molar-refractivity contribution is 0.0861. The number of carbonyl (C=O) groups is 2. The molecule has 1 aliphatic heterocycles. The third kappa shape index (κ3) is 6.97. The van der Waals surface area contributed by atoms with Crippen LogP contribution < -0.4 is 11.5 Å². The second kappa shape index (κ2) is 13.1. The number of aromatic nitrogens is 9. The van der Waals surface area contributed by atoms with Crippen molar-refractivity contribution < 1.29 is 18.0 Å². The standard InChI is InChI=1S/C32H29N11O4S2/c33-31-38-28(24-7-1-2-12-35-24)40-43(31)27(45)17-22-18-48-30(36-22)21-6-3-5-20(16-21)23-8-4-9-25(37-23)29-39-32(34)42(41-29)26(44)15-19-10-13-49(46,47)14-11-19/h1-9,12,16,18-19H,10-11,13-15,17H2,(H2,33,38,40)(H2,34,39,41). The fraction of sp³-hybridized carbons (Fsp3) is 0.219. The Labute approximate surface area is 284 Å². The maximum Gasteiger partial charge on any atom is 0.256 e. The summed E-state index contributed by atoms with van der Waals surface area (Å²) in [5.41, 5.74) is 15.8. The summed E-state index contributed by atoms with van der Waals surface area (Å²) >= 11 is 1.40. The van der Waals surface area contributed by atoms with Crippen molar-refractivity contribution in [2.24, 2.45) is 5.92 Å². The van der Waals surface area contributed by atoms with Crippen LogP contribution in [0.25, 0.3) is 44.9 Å². The monoisotopic (exact) mass is 695 g/mol. The van der Waals surface area contributed by atoms with Crippen LogP contribution in [0.2, 0.25) is 0 Å². The van der Waals surface area contributed by atoms with Gasteiger partial charge in [0.1, 0.15) is 26.2 Å². The van der Waals surface area contributed by atoms with Gasteiger partial charge >= 0.3 is 0 Å². The molecule has 6 aromatic rings. The third-order valence-electron chi connectivity index (χ3n) is 8.04. The Kier molecular flexibility index (Phi) is 8.52. The molecule has 17 heteroatoms. The number of anilines is 2. The first-order chi connectivity index (χ1) is 23.6. The zero-order valence-electron chi connectivity index (χ0n) is 25.9. The van der Waals surface area contributed by atoms with Gasteiger partial charge in [-0.3, -0.25) is 14.6 Å². The zero-order chi connectivity index (χ0) is 34.1. The number of carbonyl (C=O) groups excluding carboxylic acids is 2. The fourth-order valence-corrected chi connectivity index (χ4v) is 7.89. The van der Waals surface area contributed by atoms with Crippen molar-refractivity contribution in [3.8, 4) is 44.9 Å². The van der Waals surface area contributed by atoms with Crippen LogP contribution in [0.15, 0.2) is 72.2 Å². The summed E-state index contributed by atoms with van der Waals surface area (Å²) < 4.78 is 25.6. The lowest BCUT2D eigenvalue weighted by atomic mass is 9.98. The molecule has 0 atom stereocenters. The van der Waals surface area contributed by atoms with E-state index >= 15 is 0 Å². The number of sulfone groups is 1. The molecule has 248 valence electrons. The molecular formula is C32H29N11O4S2. The number of hydrogen-bond donors (Lipinski definition) is 2. The van der Waals surface area contributed by atoms with Crippen molar-refractivity contribution in [1.82, 2.24) is 44.5 Å². The molecule has 6 heterocycles. The van der Waals surface area contributed by atoms with E-state index < -0.39 is 9.84 Å². The van der Waals surface area contributed by atoms with Crippen LogP contribution in [0, 0.1) is 5.92 Å². The summed E-state index contributed by atoms with van der Waals surface area (Å²) in [5.74, 6) is -0.230. The predicted octanol–water partition coefficient (Wildman–Crippen LogP) is 3.69. The van der Waals surface area contributed by atoms with Gasteiger partial charge in [0.15, 0.2) is 0 Å². The largest absolute Gasteiger partial charge is 0.368 e. The molecule has 1 aliphatic rings. The minimum Gasteiger partial charge on any atom is -0.368 e. The van der Waals surface area contributed by atoms with E-state index in [2.05, 4.69) is 30.1 Å². The maximum absolute atomic E-state index is 13.0. The van der Waals surface area contributed by atoms with Crippen molar-refractivity contribution in [3.05, 3.63) is 77.9 Å². The Hall–Kier alpha value is -5.68. The van der Waals surface area contributed by atoms with E-state index in [0.717, 1.165) is 20.5 Å². The number of thiazole rings is 1. The Morgan fingerprint density at radius 2 is 1.43 bits per heavy atom. The van der Waals surface area contributed by atoms with Crippen LogP contribution in [-0.4, -0.2) is 76.2 Å². The van der Waals surface area contributed by atoms with Crippen LogP contribution >= 0.6 is 11.3 Å². The van der Waals surface area contributed by atoms with E-state index in [1.165, 1.54) is 11.3 Å². The molecular weight excluding hydrogens is 667 g/mol. The fourth-order valence-electron chi connectivity index (χ4n) is 5.49. The quantitative estimate of drug-likeness (QED) is 0.232. The third-order valence-corrected chi connectivity index (χ3v) is 10.7. The highest BCUT2D eigenvalue weighted by Gasteiger charge is 2.27. The van der Waals surface area contributed by atoms with Gasteiger partial charge in [0.2, 0.25) is 29.5 Å². The number of nitrogens with zero attached hydrogens (tertiary/aromatic N) is 9. The van der Waals surface area contributed by atoms with Crippen LogP contribution in [0.1, 0.15) is 34.5 Å². The van der Waals surface area contributed by atoms with Crippen LogP contribution in [0.3, 0.4) is 0 Å². The first kappa shape index (κ1) is 31.9. The highest BCUT2D eigenvalue weighted by atomic mass is 32.2. The summed E-state index contributed by atoms with van der Waals surface area (Å²) in [6.45, 7) is 0. The van der Waals surface area contributed by atoms with E-state index in [0.29, 0.717) is 40.6 Å². The molecule has 0 saturated carbocycles. The first-order valence-electron chi connectivity index (χ1n) is 15.3. The van der Waals surface area contributed by atoms with Gasteiger partial charge < -0.3 is 11.5 Å². The molecule has 7 rings (SSSR count). The molecule has 1 fully saturated rings. The molecule has 1 aromatic carbocycles. The molecule has 0 spiro atoms. The second-order valence-corrected chi connectivity index (χ2v) is 14.7. The number of nitrogens with two attached hydrogens (primary N) is 2. The van der Waals surface area contributed by atoms with Crippen LogP contribution in [0.5, 0.6) is 0 Å². The summed E-state index contributed by atoms with van der Waals surface area (Å²) in [6, 6.07) is 18.4. The minimum absolute atomic E-state index is 0.0249. The van der Waals surface area contributed by atoms with Crippen molar-refractivity contribution in [2.45, 2.75) is 25.7 Å². The van der Waals surface area contributed by atoms with E-state index in [4.69, 9.17) is 16.5 Å². The van der Waals surface area contributed by atoms with Gasteiger partial charge in [-0.25, -0.2) is 18.4 Å². The molecule has 0 radical (unpaired) electrons. The van der Waals surface area contributed by atoms with Crippen molar-refractivity contribution in [3.63, 3.8) is 0 Å². The Balaban J connectivity index is 1.05. The lowest BCUT2D eigenvalue weighted by Gasteiger charge is -2.20. The molecule has 0 unspecified atom stereocenters. The maximum atomic E-state index is 13.0. The molecule has 1 saturated heterocycles. The van der Waals surface area contributed by atoms with Crippen molar-refractivity contribution >= 4 is 44.9 Å². The molecule has 5 aromatic heterocycles. The number of pyridine rings is 2. The Morgan fingerprint density at radius 1 is 0.776 bits per heavy atom. The summed E-state index contributed by atoms with van der Waals surface area (Å²) in [6.07, 6.45) is 2.59. The van der Waals surface area contributed by atoms with E-state index in [1.807, 2.05) is 41.8 Å². The molecule has 49 heavy (non-hydrogen) atoms. The van der Waals surface area contributed by atoms with Crippen molar-refractivity contribution in [1.29, 1.82) is 0 Å². The highest BCUT2D eigenvalue weighted by molar-refractivity contribution is 7.91. The van der Waals surface area contributed by atoms with Gasteiger partial charge in [0, 0.05) is 29.1 Å². The van der Waals surface area contributed by atoms with E-state index in [9.17, 15) is 18.0 Å². The second-order valence-electron chi connectivity index (χ2n) is 11.5. The zero-order valence-corrected chi connectivity index (χ0v) is 27.5. The average Bonchev–Trinajstić information content (AvgIpc) is 3.85. The normalized spacial score (nSPS) is 14.5. The highest BCUT2D eigenvalue weighted by Crippen LogP contribution is 2.30. The average molecular weight is 696 g/mol. The van der Waals surface area contributed by atoms with Crippen LogP contribution in [0.4, 0.5) is 11.9 Å². The van der Waals surface area contributed by atoms with Gasteiger partial charge in [-0.2, -0.15) is 19.3 Å². The first-order valence-corrected chi connectivity index (χ1v) is 18.0. The summed E-state index contributed by atoms with van der Waals surface area (Å²) in [5, 5.41) is 11.1. The number of benzene rings is 1. The lowest BCUT2D eigenvalue weighted by Crippen LogP contribution is -2.27. The summed E-state index contributed by atoms with van der Waals surface area (Å²) in [7, 11) is -3.03. The topological polar surface area (TPSA) is 220 Å². The van der Waals surface area contributed by atoms with E-state index in [-0.39, 0.29) is 65.6 Å². The van der Waals surface area contributed by atoms with Gasteiger partial charge in [-0.1, -0.05) is 30.3 Å². The SMILES string of the molecule is Nc1nc(-c2ccccn2)nn1C(=O)Cc1csc(-c2cccc(-c3cccc(-c4nc(N)n(C(=O)CC5CCS(=O)(=O)CC5)n4)n3)c2)n1. The number of hydrogen-bond acceptors (Lipinski definition) is 14. The molecule has 15 nitrogen and oxygen atoms in total. The molecule has 0 aliphatic carbocycles. The van der Waals surface area contributed by atoms with Gasteiger partial charge in [-0.15, -0.1) is 21.5 Å². The Morgan fingerprint density at radius 3 is 2.16 bits per heavy atom. The summed E-state index contributed by atoms with van der Waals surface area (Å²) in [4.78, 5) is 48.1.